The smallest absolute Gasteiger partial charge is 0.251 e. The fourth-order valence-electron chi connectivity index (χ4n) is 5.86. The molecule has 10 heteroatoms. The summed E-state index contributed by atoms with van der Waals surface area (Å²) in [5, 5.41) is 18.9. The number of carbonyl (C=O) groups excluding carboxylic acids is 3. The molecule has 1 aliphatic heterocycles. The number of amides is 3. The Labute approximate surface area is 267 Å². The lowest BCUT2D eigenvalue weighted by atomic mass is 9.81. The Balaban J connectivity index is 1.47. The van der Waals surface area contributed by atoms with Gasteiger partial charge in [0.2, 0.25) is 12.3 Å². The van der Waals surface area contributed by atoms with E-state index in [1.807, 2.05) is 42.2 Å². The molecule has 1 fully saturated rings. The van der Waals surface area contributed by atoms with Gasteiger partial charge in [-0.15, -0.1) is 0 Å². The van der Waals surface area contributed by atoms with Gasteiger partial charge in [-0.3, -0.25) is 14.4 Å². The molecule has 4 aromatic rings. The molecule has 0 saturated carbocycles. The molecule has 0 bridgehead atoms. The minimum atomic E-state index is -1.66. The number of aliphatic hydroxyl groups is 1. The van der Waals surface area contributed by atoms with Crippen LogP contribution in [-0.4, -0.2) is 57.4 Å². The summed E-state index contributed by atoms with van der Waals surface area (Å²) in [5.41, 5.74) is 3.29. The fourth-order valence-corrected chi connectivity index (χ4v) is 6.05. The first-order chi connectivity index (χ1) is 21.8. The lowest BCUT2D eigenvalue weighted by Crippen LogP contribution is -2.32. The van der Waals surface area contributed by atoms with Crippen LogP contribution in [0.5, 0.6) is 0 Å². The normalized spacial score (nSPS) is 14.7. The Hall–Kier alpha value is -4.73. The SMILES string of the molecule is C/C=C(/c1cccc(Cl)c1)c1cc(C(O)(c2ccc(C(=O)NCCCN3CCCC3=O)cc2)c2cncn2C)ccc1NC=O. The monoisotopic (exact) mass is 625 g/mol. The highest BCUT2D eigenvalue weighted by Gasteiger charge is 2.37. The zero-order valence-corrected chi connectivity index (χ0v) is 26.1. The second kappa shape index (κ2) is 13.9. The zero-order valence-electron chi connectivity index (χ0n) is 25.3. The van der Waals surface area contributed by atoms with Gasteiger partial charge in [-0.2, -0.15) is 0 Å². The number of imidazole rings is 1. The summed E-state index contributed by atoms with van der Waals surface area (Å²) in [6, 6.07) is 19.6. The molecule has 2 heterocycles. The largest absolute Gasteiger partial charge is 0.374 e. The van der Waals surface area contributed by atoms with E-state index in [1.54, 1.807) is 66.6 Å². The molecular formula is C35H36ClN5O4. The molecule has 1 atom stereocenters. The average molecular weight is 626 g/mol. The molecule has 5 rings (SSSR count). The molecule has 1 unspecified atom stereocenters. The molecule has 45 heavy (non-hydrogen) atoms. The Kier molecular flexibility index (Phi) is 9.80. The van der Waals surface area contributed by atoms with Gasteiger partial charge in [-0.05, 0) is 78.4 Å². The van der Waals surface area contributed by atoms with E-state index < -0.39 is 5.60 Å². The molecule has 1 saturated heterocycles. The van der Waals surface area contributed by atoms with Crippen LogP contribution < -0.4 is 10.6 Å². The van der Waals surface area contributed by atoms with E-state index in [0.29, 0.717) is 71.0 Å². The van der Waals surface area contributed by atoms with Crippen molar-refractivity contribution in [1.82, 2.24) is 19.8 Å². The van der Waals surface area contributed by atoms with Gasteiger partial charge in [-0.25, -0.2) is 4.98 Å². The van der Waals surface area contributed by atoms with Crippen molar-refractivity contribution < 1.29 is 19.5 Å². The highest BCUT2D eigenvalue weighted by molar-refractivity contribution is 6.30. The first-order valence-electron chi connectivity index (χ1n) is 14.9. The van der Waals surface area contributed by atoms with Crippen molar-refractivity contribution in [2.75, 3.05) is 25.0 Å². The first-order valence-corrected chi connectivity index (χ1v) is 15.3. The van der Waals surface area contributed by atoms with E-state index in [2.05, 4.69) is 15.6 Å². The van der Waals surface area contributed by atoms with Crippen LogP contribution in [0.3, 0.4) is 0 Å². The van der Waals surface area contributed by atoms with Crippen molar-refractivity contribution in [1.29, 1.82) is 0 Å². The second-order valence-electron chi connectivity index (χ2n) is 11.0. The maximum Gasteiger partial charge on any atom is 0.251 e. The van der Waals surface area contributed by atoms with Crippen LogP contribution in [0.2, 0.25) is 5.02 Å². The Morgan fingerprint density at radius 2 is 1.87 bits per heavy atom. The quantitative estimate of drug-likeness (QED) is 0.149. The predicted octanol–water partition coefficient (Wildman–Crippen LogP) is 5.12. The van der Waals surface area contributed by atoms with E-state index in [1.165, 1.54) is 0 Å². The van der Waals surface area contributed by atoms with Crippen LogP contribution in [0.25, 0.3) is 5.57 Å². The molecule has 3 aromatic carbocycles. The highest BCUT2D eigenvalue weighted by atomic mass is 35.5. The number of anilines is 1. The number of halogens is 1. The summed E-state index contributed by atoms with van der Waals surface area (Å²) in [5.74, 6) is -0.0600. The van der Waals surface area contributed by atoms with Crippen LogP contribution in [0.1, 0.15) is 64.5 Å². The molecule has 9 nitrogen and oxygen atoms in total. The van der Waals surface area contributed by atoms with Crippen molar-refractivity contribution in [2.45, 2.75) is 31.8 Å². The zero-order chi connectivity index (χ0) is 32.0. The van der Waals surface area contributed by atoms with Gasteiger partial charge in [0.05, 0.1) is 18.2 Å². The number of hydrogen-bond donors (Lipinski definition) is 3. The third kappa shape index (κ3) is 6.69. The van der Waals surface area contributed by atoms with E-state index in [9.17, 15) is 19.5 Å². The van der Waals surface area contributed by atoms with Gasteiger partial charge in [0.15, 0.2) is 5.60 Å². The number of benzene rings is 3. The number of nitrogens with one attached hydrogen (secondary N) is 2. The second-order valence-corrected chi connectivity index (χ2v) is 11.4. The lowest BCUT2D eigenvalue weighted by Gasteiger charge is -2.31. The number of hydrogen-bond acceptors (Lipinski definition) is 5. The average Bonchev–Trinajstić information content (AvgIpc) is 3.67. The van der Waals surface area contributed by atoms with Crippen LogP contribution in [-0.2, 0) is 22.2 Å². The summed E-state index contributed by atoms with van der Waals surface area (Å²) < 4.78 is 1.75. The molecule has 0 spiro atoms. The van der Waals surface area contributed by atoms with E-state index in [-0.39, 0.29) is 11.8 Å². The van der Waals surface area contributed by atoms with Crippen LogP contribution in [0.15, 0.2) is 85.3 Å². The third-order valence-corrected chi connectivity index (χ3v) is 8.42. The molecule has 0 radical (unpaired) electrons. The summed E-state index contributed by atoms with van der Waals surface area (Å²) in [7, 11) is 1.80. The van der Waals surface area contributed by atoms with E-state index >= 15 is 0 Å². The first kappa shape index (κ1) is 31.7. The maximum absolute atomic E-state index is 12.9. The molecule has 232 valence electrons. The van der Waals surface area contributed by atoms with Crippen molar-refractivity contribution in [3.8, 4) is 0 Å². The van der Waals surface area contributed by atoms with Crippen molar-refractivity contribution in [3.63, 3.8) is 0 Å². The van der Waals surface area contributed by atoms with Crippen molar-refractivity contribution in [3.05, 3.63) is 124 Å². The highest BCUT2D eigenvalue weighted by Crippen LogP contribution is 2.40. The Morgan fingerprint density at radius 3 is 2.51 bits per heavy atom. The lowest BCUT2D eigenvalue weighted by molar-refractivity contribution is -0.127. The Morgan fingerprint density at radius 1 is 1.09 bits per heavy atom. The van der Waals surface area contributed by atoms with Gasteiger partial charge in [-0.1, -0.05) is 48.0 Å². The molecule has 0 aliphatic carbocycles. The predicted molar refractivity (Wildman–Crippen MR) is 175 cm³/mol. The molecule has 1 aliphatic rings. The number of nitrogens with zero attached hydrogens (tertiary/aromatic N) is 3. The number of carbonyl (C=O) groups is 3. The summed E-state index contributed by atoms with van der Waals surface area (Å²) >= 11 is 6.31. The van der Waals surface area contributed by atoms with Gasteiger partial charge in [0.1, 0.15) is 0 Å². The Bertz CT molecular complexity index is 1730. The third-order valence-electron chi connectivity index (χ3n) is 8.18. The summed E-state index contributed by atoms with van der Waals surface area (Å²) in [6.07, 6.45) is 7.94. The van der Waals surface area contributed by atoms with Gasteiger partial charge < -0.3 is 25.2 Å². The van der Waals surface area contributed by atoms with Crippen LogP contribution >= 0.6 is 11.6 Å². The van der Waals surface area contributed by atoms with Crippen molar-refractivity contribution >= 4 is 41.1 Å². The van der Waals surface area contributed by atoms with Crippen molar-refractivity contribution in [2.24, 2.45) is 7.05 Å². The van der Waals surface area contributed by atoms with Crippen LogP contribution in [0.4, 0.5) is 5.69 Å². The fraction of sp³-hybridized carbons (Fsp3) is 0.257. The standard InChI is InChI=1S/C35H36ClN5O4/c1-3-29(25-7-4-8-28(36)19-25)30-20-27(14-15-31(30)39-23-42)35(45,32-21-37-22-40(32)2)26-12-10-24(11-13-26)34(44)38-16-6-18-41-17-5-9-33(41)43/h3-4,7-8,10-15,19-23,45H,5-6,9,16-18H2,1-2H3,(H,38,44)(H,39,42)/b29-3-. The minimum Gasteiger partial charge on any atom is -0.374 e. The molecular weight excluding hydrogens is 590 g/mol. The summed E-state index contributed by atoms with van der Waals surface area (Å²) in [6.45, 7) is 3.76. The minimum absolute atomic E-state index is 0.172. The molecule has 3 amide bonds. The summed E-state index contributed by atoms with van der Waals surface area (Å²) in [4.78, 5) is 42.4. The number of aromatic nitrogens is 2. The van der Waals surface area contributed by atoms with Gasteiger partial charge in [0.25, 0.3) is 5.91 Å². The number of likely N-dealkylation sites (tertiary alicyclic amines) is 1. The maximum atomic E-state index is 12.9. The number of allylic oxidation sites excluding steroid dienone is 1. The molecule has 1 aromatic heterocycles. The van der Waals surface area contributed by atoms with Crippen LogP contribution in [0, 0.1) is 0 Å². The van der Waals surface area contributed by atoms with Gasteiger partial charge >= 0.3 is 0 Å². The number of rotatable bonds is 12. The van der Waals surface area contributed by atoms with E-state index in [0.717, 1.165) is 24.1 Å². The van der Waals surface area contributed by atoms with E-state index in [4.69, 9.17) is 11.6 Å². The topological polar surface area (TPSA) is 117 Å². The number of aryl methyl sites for hydroxylation is 1. The molecule has 3 N–H and O–H groups in total. The van der Waals surface area contributed by atoms with Gasteiger partial charge in [0, 0.05) is 54.9 Å².